The van der Waals surface area contributed by atoms with Crippen LogP contribution in [-0.2, 0) is 6.42 Å². The fourth-order valence-electron chi connectivity index (χ4n) is 3.60. The summed E-state index contributed by atoms with van der Waals surface area (Å²) < 4.78 is 13.3. The van der Waals surface area contributed by atoms with Crippen LogP contribution in [0.25, 0.3) is 33.5 Å². The first-order valence-corrected chi connectivity index (χ1v) is 9.78. The van der Waals surface area contributed by atoms with Gasteiger partial charge in [0.25, 0.3) is 0 Å². The lowest BCUT2D eigenvalue weighted by atomic mass is 10.1. The van der Waals surface area contributed by atoms with Gasteiger partial charge in [0, 0.05) is 29.3 Å². The number of aromatic amines is 1. The molecule has 0 radical (unpaired) electrons. The monoisotopic (exact) mass is 394 g/mol. The van der Waals surface area contributed by atoms with E-state index < -0.39 is 0 Å². The number of nitrogens with zero attached hydrogens (tertiary/aromatic N) is 3. The number of benzene rings is 2. The summed E-state index contributed by atoms with van der Waals surface area (Å²) in [5, 5.41) is 1.06. The summed E-state index contributed by atoms with van der Waals surface area (Å²) in [4.78, 5) is 17.4. The lowest BCUT2D eigenvalue weighted by Gasteiger charge is -2.05. The van der Waals surface area contributed by atoms with Crippen LogP contribution in [0.2, 0.25) is 0 Å². The minimum absolute atomic E-state index is 0.242. The normalized spacial score (nSPS) is 11.1. The lowest BCUT2D eigenvalue weighted by molar-refractivity contribution is 0.627. The summed E-state index contributed by atoms with van der Waals surface area (Å²) in [7, 11) is 0. The Balaban J connectivity index is 1.63. The third-order valence-corrected chi connectivity index (χ3v) is 5.06. The van der Waals surface area contributed by atoms with Gasteiger partial charge in [0.05, 0.1) is 22.6 Å². The van der Waals surface area contributed by atoms with E-state index in [-0.39, 0.29) is 5.82 Å². The molecule has 0 aliphatic carbocycles. The quantitative estimate of drug-likeness (QED) is 0.424. The maximum absolute atomic E-state index is 13.3. The van der Waals surface area contributed by atoms with Crippen molar-refractivity contribution in [1.82, 2.24) is 19.9 Å². The molecule has 30 heavy (non-hydrogen) atoms. The van der Waals surface area contributed by atoms with Crippen molar-refractivity contribution in [3.63, 3.8) is 0 Å². The highest BCUT2D eigenvalue weighted by Gasteiger charge is 2.16. The van der Waals surface area contributed by atoms with E-state index in [0.717, 1.165) is 50.6 Å². The minimum Gasteiger partial charge on any atom is -0.340 e. The van der Waals surface area contributed by atoms with Gasteiger partial charge in [-0.2, -0.15) is 0 Å². The average Bonchev–Trinajstić information content (AvgIpc) is 3.19. The van der Waals surface area contributed by atoms with E-state index in [9.17, 15) is 4.39 Å². The fraction of sp³-hybridized carbons (Fsp3) is 0.0800. The topological polar surface area (TPSA) is 54.5 Å². The molecule has 0 saturated carbocycles. The van der Waals surface area contributed by atoms with Gasteiger partial charge in [-0.1, -0.05) is 30.3 Å². The zero-order chi connectivity index (χ0) is 20.5. The lowest BCUT2D eigenvalue weighted by Crippen LogP contribution is -1.91. The van der Waals surface area contributed by atoms with Gasteiger partial charge in [0.15, 0.2) is 0 Å². The second kappa shape index (κ2) is 7.52. The number of aryl methyl sites for hydroxylation is 1. The Labute approximate surface area is 173 Å². The van der Waals surface area contributed by atoms with Crippen LogP contribution in [0.4, 0.5) is 4.39 Å². The van der Waals surface area contributed by atoms with Gasteiger partial charge in [0.2, 0.25) is 0 Å². The van der Waals surface area contributed by atoms with E-state index in [2.05, 4.69) is 16.0 Å². The van der Waals surface area contributed by atoms with E-state index in [1.165, 1.54) is 12.1 Å². The Morgan fingerprint density at radius 2 is 1.77 bits per heavy atom. The number of pyridine rings is 2. The van der Waals surface area contributed by atoms with Crippen LogP contribution in [-0.4, -0.2) is 19.9 Å². The minimum atomic E-state index is -0.242. The van der Waals surface area contributed by atoms with E-state index in [1.54, 1.807) is 18.3 Å². The van der Waals surface area contributed by atoms with Crippen LogP contribution in [0, 0.1) is 12.7 Å². The van der Waals surface area contributed by atoms with Crippen LogP contribution in [0.15, 0.2) is 79.0 Å². The van der Waals surface area contributed by atoms with Gasteiger partial charge in [-0.3, -0.25) is 9.97 Å². The largest absolute Gasteiger partial charge is 0.340 e. The Hall–Kier alpha value is -3.86. The summed E-state index contributed by atoms with van der Waals surface area (Å²) in [6, 6.07) is 22.6. The fourth-order valence-corrected chi connectivity index (χ4v) is 3.60. The van der Waals surface area contributed by atoms with Crippen LogP contribution in [0.3, 0.4) is 0 Å². The van der Waals surface area contributed by atoms with Gasteiger partial charge in [-0.15, -0.1) is 0 Å². The molecule has 1 N–H and O–H groups in total. The van der Waals surface area contributed by atoms with Crippen molar-refractivity contribution >= 4 is 10.9 Å². The molecule has 0 fully saturated rings. The number of rotatable bonds is 4. The third-order valence-electron chi connectivity index (χ3n) is 5.06. The summed E-state index contributed by atoms with van der Waals surface area (Å²) in [5.74, 6) is 0.564. The number of fused-ring (bicyclic) bond motifs is 1. The van der Waals surface area contributed by atoms with E-state index in [0.29, 0.717) is 6.42 Å². The van der Waals surface area contributed by atoms with Crippen molar-refractivity contribution in [3.8, 4) is 22.6 Å². The number of nitrogens with one attached hydrogen (secondary N) is 1. The first-order valence-electron chi connectivity index (χ1n) is 9.78. The van der Waals surface area contributed by atoms with Crippen LogP contribution in [0.5, 0.6) is 0 Å². The predicted octanol–water partition coefficient (Wildman–Crippen LogP) is 5.73. The van der Waals surface area contributed by atoms with Crippen molar-refractivity contribution in [2.24, 2.45) is 0 Å². The first-order chi connectivity index (χ1) is 14.7. The van der Waals surface area contributed by atoms with Gasteiger partial charge < -0.3 is 4.98 Å². The highest BCUT2D eigenvalue weighted by atomic mass is 19.1. The maximum atomic E-state index is 13.3. The number of hydrogen-bond donors (Lipinski definition) is 1. The Kier molecular flexibility index (Phi) is 4.56. The van der Waals surface area contributed by atoms with Crippen molar-refractivity contribution in [2.75, 3.05) is 0 Å². The predicted molar refractivity (Wildman–Crippen MR) is 116 cm³/mol. The molecule has 0 aliphatic rings. The number of hydrogen-bond acceptors (Lipinski definition) is 3. The SMILES string of the molecule is Cc1cccc(-c2[nH]c(Cc3ccc(F)cc3)nc2-c2ccc3ncccc3c2)n1. The van der Waals surface area contributed by atoms with Crippen molar-refractivity contribution in [3.05, 3.63) is 102 Å². The second-order valence-corrected chi connectivity index (χ2v) is 7.29. The van der Waals surface area contributed by atoms with Crippen LogP contribution >= 0.6 is 0 Å². The molecule has 3 aromatic heterocycles. The summed E-state index contributed by atoms with van der Waals surface area (Å²) in [5.41, 5.74) is 6.43. The third kappa shape index (κ3) is 3.57. The molecule has 4 nitrogen and oxygen atoms in total. The van der Waals surface area contributed by atoms with Crippen molar-refractivity contribution in [1.29, 1.82) is 0 Å². The van der Waals surface area contributed by atoms with Crippen molar-refractivity contribution in [2.45, 2.75) is 13.3 Å². The van der Waals surface area contributed by atoms with Crippen LogP contribution in [0.1, 0.15) is 17.1 Å². The molecule has 0 aliphatic heterocycles. The molecular formula is C25H19FN4. The van der Waals surface area contributed by atoms with Gasteiger partial charge in [0.1, 0.15) is 11.6 Å². The van der Waals surface area contributed by atoms with Gasteiger partial charge in [-0.25, -0.2) is 9.37 Å². The van der Waals surface area contributed by atoms with Crippen LogP contribution < -0.4 is 0 Å². The Morgan fingerprint density at radius 1 is 0.900 bits per heavy atom. The Bertz CT molecular complexity index is 1340. The van der Waals surface area contributed by atoms with Gasteiger partial charge in [-0.05, 0) is 55.0 Å². The smallest absolute Gasteiger partial charge is 0.123 e. The first kappa shape index (κ1) is 18.2. The van der Waals surface area contributed by atoms with E-state index in [1.807, 2.05) is 49.4 Å². The molecular weight excluding hydrogens is 375 g/mol. The molecule has 0 atom stereocenters. The molecule has 0 saturated heterocycles. The molecule has 3 heterocycles. The molecule has 0 bridgehead atoms. The van der Waals surface area contributed by atoms with E-state index in [4.69, 9.17) is 9.97 Å². The summed E-state index contributed by atoms with van der Waals surface area (Å²) in [6.07, 6.45) is 2.37. The molecule has 0 amide bonds. The Morgan fingerprint density at radius 3 is 2.60 bits per heavy atom. The highest BCUT2D eigenvalue weighted by molar-refractivity contribution is 5.86. The molecule has 5 rings (SSSR count). The van der Waals surface area contributed by atoms with Gasteiger partial charge >= 0.3 is 0 Å². The number of aromatic nitrogens is 4. The molecule has 5 heteroatoms. The average molecular weight is 394 g/mol. The highest BCUT2D eigenvalue weighted by Crippen LogP contribution is 2.31. The number of imidazole rings is 1. The summed E-state index contributed by atoms with van der Waals surface area (Å²) >= 11 is 0. The number of halogens is 1. The molecule has 5 aromatic rings. The maximum Gasteiger partial charge on any atom is 0.123 e. The molecule has 0 spiro atoms. The zero-order valence-corrected chi connectivity index (χ0v) is 16.4. The standard InChI is InChI=1S/C25H19FN4/c1-16-4-2-6-22(28-16)25-24(19-9-12-21-18(15-19)5-3-13-27-21)29-23(30-25)14-17-7-10-20(26)11-8-17/h2-13,15H,14H2,1H3,(H,29,30). The summed E-state index contributed by atoms with van der Waals surface area (Å²) in [6.45, 7) is 1.97. The number of H-pyrrole nitrogens is 1. The molecule has 146 valence electrons. The zero-order valence-electron chi connectivity index (χ0n) is 16.4. The van der Waals surface area contributed by atoms with E-state index >= 15 is 0 Å². The second-order valence-electron chi connectivity index (χ2n) is 7.29. The molecule has 0 unspecified atom stereocenters. The molecule has 2 aromatic carbocycles. The van der Waals surface area contributed by atoms with Crippen molar-refractivity contribution < 1.29 is 4.39 Å².